The minimum atomic E-state index is -0.161. The number of aliphatic imine (C=N–C) groups is 1. The fourth-order valence-corrected chi connectivity index (χ4v) is 3.69. The first-order chi connectivity index (χ1) is 14.1. The molecule has 0 unspecified atom stereocenters. The SMILES string of the molecule is CNC(=O)c1cc2nc(CN=Cc3cccc(C)c3)nc(N3CCCCC3)c2[nH]1. The quantitative estimate of drug-likeness (QED) is 0.655. The molecule has 4 rings (SSSR count). The summed E-state index contributed by atoms with van der Waals surface area (Å²) in [5, 5.41) is 2.66. The number of H-pyrrole nitrogens is 1. The van der Waals surface area contributed by atoms with Gasteiger partial charge in [0.2, 0.25) is 0 Å². The number of piperidine rings is 1. The number of aromatic amines is 1. The number of aryl methyl sites for hydroxylation is 1. The van der Waals surface area contributed by atoms with Crippen LogP contribution in [-0.2, 0) is 6.54 Å². The molecule has 1 amide bonds. The van der Waals surface area contributed by atoms with Gasteiger partial charge in [0.1, 0.15) is 11.2 Å². The third kappa shape index (κ3) is 4.29. The molecule has 7 nitrogen and oxygen atoms in total. The van der Waals surface area contributed by atoms with Crippen molar-refractivity contribution in [1.82, 2.24) is 20.3 Å². The Bertz CT molecular complexity index is 1050. The molecule has 2 N–H and O–H groups in total. The number of carbonyl (C=O) groups is 1. The largest absolute Gasteiger partial charge is 0.355 e. The molecule has 1 aliphatic rings. The van der Waals surface area contributed by atoms with Crippen LogP contribution < -0.4 is 10.2 Å². The Morgan fingerprint density at radius 1 is 1.24 bits per heavy atom. The third-order valence-corrected chi connectivity index (χ3v) is 5.15. The Labute approximate surface area is 170 Å². The zero-order valence-corrected chi connectivity index (χ0v) is 16.9. The first-order valence-electron chi connectivity index (χ1n) is 10.1. The van der Waals surface area contributed by atoms with Crippen LogP contribution in [0.1, 0.15) is 46.7 Å². The van der Waals surface area contributed by atoms with Crippen LogP contribution >= 0.6 is 0 Å². The lowest BCUT2D eigenvalue weighted by Gasteiger charge is -2.28. The summed E-state index contributed by atoms with van der Waals surface area (Å²) in [5.74, 6) is 1.36. The summed E-state index contributed by atoms with van der Waals surface area (Å²) in [6.07, 6.45) is 5.39. The van der Waals surface area contributed by atoms with Crippen molar-refractivity contribution in [2.45, 2.75) is 32.7 Å². The van der Waals surface area contributed by atoms with E-state index in [-0.39, 0.29) is 5.91 Å². The molecule has 1 saturated heterocycles. The van der Waals surface area contributed by atoms with Crippen LogP contribution in [0, 0.1) is 6.92 Å². The summed E-state index contributed by atoms with van der Waals surface area (Å²) in [6.45, 7) is 4.39. The van der Waals surface area contributed by atoms with Crippen LogP contribution in [0.25, 0.3) is 11.0 Å². The number of benzene rings is 1. The Hall–Kier alpha value is -3.22. The predicted molar refractivity (Wildman–Crippen MR) is 116 cm³/mol. The van der Waals surface area contributed by atoms with Crippen LogP contribution in [0.4, 0.5) is 5.82 Å². The molecule has 3 heterocycles. The van der Waals surface area contributed by atoms with Crippen LogP contribution in [0.3, 0.4) is 0 Å². The molecule has 0 aliphatic carbocycles. The zero-order chi connectivity index (χ0) is 20.2. The van der Waals surface area contributed by atoms with Gasteiger partial charge in [-0.1, -0.05) is 29.8 Å². The summed E-state index contributed by atoms with van der Waals surface area (Å²) >= 11 is 0. The Morgan fingerprint density at radius 2 is 2.07 bits per heavy atom. The number of nitrogens with zero attached hydrogens (tertiary/aromatic N) is 4. The van der Waals surface area contributed by atoms with Gasteiger partial charge in [-0.15, -0.1) is 0 Å². The van der Waals surface area contributed by atoms with Gasteiger partial charge in [0, 0.05) is 26.4 Å². The van der Waals surface area contributed by atoms with Gasteiger partial charge < -0.3 is 15.2 Å². The molecule has 150 valence electrons. The normalized spacial score (nSPS) is 14.6. The second-order valence-corrected chi connectivity index (χ2v) is 7.42. The van der Waals surface area contributed by atoms with Gasteiger partial charge in [-0.2, -0.15) is 0 Å². The van der Waals surface area contributed by atoms with E-state index in [1.165, 1.54) is 12.0 Å². The molecule has 2 aromatic heterocycles. The summed E-state index contributed by atoms with van der Waals surface area (Å²) in [6, 6.07) is 10.00. The first-order valence-corrected chi connectivity index (χ1v) is 10.1. The van der Waals surface area contributed by atoms with Gasteiger partial charge in [0.25, 0.3) is 5.91 Å². The van der Waals surface area contributed by atoms with E-state index in [9.17, 15) is 4.79 Å². The summed E-state index contributed by atoms with van der Waals surface area (Å²) in [5.41, 5.74) is 4.33. The maximum Gasteiger partial charge on any atom is 0.267 e. The van der Waals surface area contributed by atoms with E-state index in [2.05, 4.69) is 44.2 Å². The number of aromatic nitrogens is 3. The smallest absolute Gasteiger partial charge is 0.267 e. The highest BCUT2D eigenvalue weighted by molar-refractivity contribution is 5.99. The molecular formula is C22H26N6O. The van der Waals surface area contributed by atoms with Crippen LogP contribution in [0.5, 0.6) is 0 Å². The molecule has 3 aromatic rings. The molecule has 1 fully saturated rings. The fourth-order valence-electron chi connectivity index (χ4n) is 3.69. The number of rotatable bonds is 5. The lowest BCUT2D eigenvalue weighted by atomic mass is 10.1. The molecule has 0 radical (unpaired) electrons. The Kier molecular flexibility index (Phi) is 5.55. The molecule has 1 aromatic carbocycles. The highest BCUT2D eigenvalue weighted by Gasteiger charge is 2.20. The van der Waals surface area contributed by atoms with Gasteiger partial charge in [-0.25, -0.2) is 9.97 Å². The van der Waals surface area contributed by atoms with Crippen molar-refractivity contribution in [2.75, 3.05) is 25.0 Å². The Morgan fingerprint density at radius 3 is 2.83 bits per heavy atom. The number of anilines is 1. The van der Waals surface area contributed by atoms with E-state index in [0.717, 1.165) is 48.3 Å². The van der Waals surface area contributed by atoms with Crippen molar-refractivity contribution in [3.63, 3.8) is 0 Å². The van der Waals surface area contributed by atoms with E-state index < -0.39 is 0 Å². The Balaban J connectivity index is 1.67. The molecular weight excluding hydrogens is 364 g/mol. The minimum absolute atomic E-state index is 0.161. The van der Waals surface area contributed by atoms with Crippen molar-refractivity contribution in [3.8, 4) is 0 Å². The monoisotopic (exact) mass is 390 g/mol. The minimum Gasteiger partial charge on any atom is -0.355 e. The number of amides is 1. The first kappa shape index (κ1) is 19.1. The molecule has 0 saturated carbocycles. The molecule has 0 spiro atoms. The van der Waals surface area contributed by atoms with E-state index in [4.69, 9.17) is 4.98 Å². The van der Waals surface area contributed by atoms with Crippen LogP contribution in [0.15, 0.2) is 35.3 Å². The molecule has 1 aliphatic heterocycles. The zero-order valence-electron chi connectivity index (χ0n) is 16.9. The van der Waals surface area contributed by atoms with Gasteiger partial charge in [-0.3, -0.25) is 9.79 Å². The van der Waals surface area contributed by atoms with Crippen molar-refractivity contribution in [3.05, 3.63) is 53.0 Å². The van der Waals surface area contributed by atoms with Gasteiger partial charge in [-0.05, 0) is 37.8 Å². The van der Waals surface area contributed by atoms with Gasteiger partial charge in [0.15, 0.2) is 11.6 Å². The second-order valence-electron chi connectivity index (χ2n) is 7.42. The average molecular weight is 390 g/mol. The maximum absolute atomic E-state index is 12.1. The summed E-state index contributed by atoms with van der Waals surface area (Å²) in [7, 11) is 1.62. The standard InChI is InChI=1S/C22H26N6O/c1-15-7-6-8-16(11-15)13-24-14-19-25-17-12-18(22(29)23-2)26-20(17)21(27-19)28-9-4-3-5-10-28/h6-8,11-13,26H,3-5,9-10,14H2,1-2H3,(H,23,29). The number of nitrogens with one attached hydrogen (secondary N) is 2. The molecule has 7 heteroatoms. The maximum atomic E-state index is 12.1. The molecule has 29 heavy (non-hydrogen) atoms. The topological polar surface area (TPSA) is 86.3 Å². The molecule has 0 atom stereocenters. The third-order valence-electron chi connectivity index (χ3n) is 5.15. The number of hydrogen-bond acceptors (Lipinski definition) is 5. The average Bonchev–Trinajstić information content (AvgIpc) is 3.17. The lowest BCUT2D eigenvalue weighted by molar-refractivity contribution is 0.0959. The van der Waals surface area contributed by atoms with Crippen molar-refractivity contribution < 1.29 is 4.79 Å². The summed E-state index contributed by atoms with van der Waals surface area (Å²) in [4.78, 5) is 31.6. The highest BCUT2D eigenvalue weighted by Crippen LogP contribution is 2.27. The van der Waals surface area contributed by atoms with Crippen LogP contribution in [-0.4, -0.2) is 47.2 Å². The van der Waals surface area contributed by atoms with Gasteiger partial charge in [0.05, 0.1) is 12.1 Å². The fraction of sp³-hybridized carbons (Fsp3) is 0.364. The highest BCUT2D eigenvalue weighted by atomic mass is 16.1. The summed E-state index contributed by atoms with van der Waals surface area (Å²) < 4.78 is 0. The van der Waals surface area contributed by atoms with E-state index in [1.54, 1.807) is 13.1 Å². The van der Waals surface area contributed by atoms with Crippen LogP contribution in [0.2, 0.25) is 0 Å². The van der Waals surface area contributed by atoms with Crippen molar-refractivity contribution in [1.29, 1.82) is 0 Å². The second kappa shape index (κ2) is 8.43. The predicted octanol–water partition coefficient (Wildman–Crippen LogP) is 3.24. The van der Waals surface area contributed by atoms with E-state index in [0.29, 0.717) is 18.1 Å². The number of hydrogen-bond donors (Lipinski definition) is 2. The van der Waals surface area contributed by atoms with Gasteiger partial charge >= 0.3 is 0 Å². The number of fused-ring (bicyclic) bond motifs is 1. The van der Waals surface area contributed by atoms with Crippen molar-refractivity contribution >= 4 is 29.0 Å². The molecule has 0 bridgehead atoms. The lowest BCUT2D eigenvalue weighted by Crippen LogP contribution is -2.30. The number of carbonyl (C=O) groups excluding carboxylic acids is 1. The van der Waals surface area contributed by atoms with E-state index in [1.807, 2.05) is 18.3 Å². The van der Waals surface area contributed by atoms with Crippen molar-refractivity contribution in [2.24, 2.45) is 4.99 Å². The van der Waals surface area contributed by atoms with E-state index >= 15 is 0 Å².